The van der Waals surface area contributed by atoms with Crippen LogP contribution < -0.4 is 5.32 Å². The van der Waals surface area contributed by atoms with Gasteiger partial charge in [0, 0.05) is 18.7 Å². The molecule has 0 aromatic heterocycles. The number of halogens is 2. The fraction of sp³-hybridized carbons (Fsp3) is 0.611. The van der Waals surface area contributed by atoms with Gasteiger partial charge in [-0.1, -0.05) is 6.92 Å². The van der Waals surface area contributed by atoms with Gasteiger partial charge in [0.1, 0.15) is 5.82 Å². The standard InChI is InChI=1S/C18H25FN2O.ClH/c1-13-3-2-8-21(12-13)18(22)16-9-15(10-17(19)11-16)14-4-6-20-7-5-14;/h9-11,13-14,20H,2-8,12H2,1H3;1H. The van der Waals surface area contributed by atoms with E-state index in [2.05, 4.69) is 12.2 Å². The molecule has 5 heteroatoms. The molecule has 1 amide bonds. The van der Waals surface area contributed by atoms with E-state index in [0.29, 0.717) is 17.4 Å². The number of amides is 1. The van der Waals surface area contributed by atoms with Gasteiger partial charge in [-0.25, -0.2) is 4.39 Å². The van der Waals surface area contributed by atoms with Crippen molar-refractivity contribution in [1.29, 1.82) is 0 Å². The smallest absolute Gasteiger partial charge is 0.253 e. The Hall–Kier alpha value is -1.13. The van der Waals surface area contributed by atoms with Gasteiger partial charge in [-0.05, 0) is 74.4 Å². The maximum Gasteiger partial charge on any atom is 0.253 e. The van der Waals surface area contributed by atoms with Crippen molar-refractivity contribution < 1.29 is 9.18 Å². The van der Waals surface area contributed by atoms with Gasteiger partial charge in [0.15, 0.2) is 0 Å². The monoisotopic (exact) mass is 340 g/mol. The molecule has 2 aliphatic heterocycles. The molecular weight excluding hydrogens is 315 g/mol. The zero-order valence-corrected chi connectivity index (χ0v) is 14.5. The first-order valence-corrected chi connectivity index (χ1v) is 8.44. The predicted octanol–water partition coefficient (Wildman–Crippen LogP) is 3.59. The van der Waals surface area contributed by atoms with Crippen LogP contribution in [0, 0.1) is 11.7 Å². The second-order valence-electron chi connectivity index (χ2n) is 6.80. The van der Waals surface area contributed by atoms with Crippen LogP contribution in [0.25, 0.3) is 0 Å². The largest absolute Gasteiger partial charge is 0.338 e. The SMILES string of the molecule is CC1CCCN(C(=O)c2cc(F)cc(C3CCNCC3)c2)C1.Cl. The van der Waals surface area contributed by atoms with Crippen molar-refractivity contribution in [3.63, 3.8) is 0 Å². The molecule has 0 saturated carbocycles. The van der Waals surface area contributed by atoms with Crippen LogP contribution in [0.1, 0.15) is 54.4 Å². The van der Waals surface area contributed by atoms with Crippen molar-refractivity contribution in [2.75, 3.05) is 26.2 Å². The number of carbonyl (C=O) groups is 1. The summed E-state index contributed by atoms with van der Waals surface area (Å²) in [7, 11) is 0. The average molecular weight is 341 g/mol. The molecule has 0 radical (unpaired) electrons. The summed E-state index contributed by atoms with van der Waals surface area (Å²) in [6.07, 6.45) is 4.24. The van der Waals surface area contributed by atoms with Crippen molar-refractivity contribution in [2.45, 2.75) is 38.5 Å². The molecule has 1 unspecified atom stereocenters. The highest BCUT2D eigenvalue weighted by Crippen LogP contribution is 2.27. The van der Waals surface area contributed by atoms with Gasteiger partial charge in [-0.2, -0.15) is 0 Å². The molecular formula is C18H26ClFN2O. The Morgan fingerprint density at radius 1 is 1.22 bits per heavy atom. The number of likely N-dealkylation sites (tertiary alicyclic amines) is 1. The Morgan fingerprint density at radius 2 is 1.96 bits per heavy atom. The Kier molecular flexibility index (Phi) is 6.42. The Balaban J connectivity index is 0.00000192. The summed E-state index contributed by atoms with van der Waals surface area (Å²) in [4.78, 5) is 14.6. The lowest BCUT2D eigenvalue weighted by Gasteiger charge is -2.31. The topological polar surface area (TPSA) is 32.3 Å². The minimum Gasteiger partial charge on any atom is -0.338 e. The molecule has 0 bridgehead atoms. The van der Waals surface area contributed by atoms with Crippen molar-refractivity contribution in [1.82, 2.24) is 10.2 Å². The first-order valence-electron chi connectivity index (χ1n) is 8.44. The first kappa shape index (κ1) is 18.2. The van der Waals surface area contributed by atoms with Crippen LogP contribution in [0.15, 0.2) is 18.2 Å². The van der Waals surface area contributed by atoms with Crippen LogP contribution in [0.4, 0.5) is 4.39 Å². The molecule has 2 aliphatic rings. The summed E-state index contributed by atoms with van der Waals surface area (Å²) in [5, 5.41) is 3.32. The third kappa shape index (κ3) is 4.45. The van der Waals surface area contributed by atoms with E-state index in [9.17, 15) is 9.18 Å². The molecule has 1 atom stereocenters. The predicted molar refractivity (Wildman–Crippen MR) is 92.8 cm³/mol. The minimum atomic E-state index is -0.288. The molecule has 1 N–H and O–H groups in total. The van der Waals surface area contributed by atoms with Gasteiger partial charge < -0.3 is 10.2 Å². The van der Waals surface area contributed by atoms with Crippen molar-refractivity contribution in [3.8, 4) is 0 Å². The molecule has 1 aromatic carbocycles. The number of nitrogens with zero attached hydrogens (tertiary/aromatic N) is 1. The molecule has 2 heterocycles. The van der Waals surface area contributed by atoms with Crippen LogP contribution >= 0.6 is 12.4 Å². The lowest BCUT2D eigenvalue weighted by atomic mass is 9.89. The van der Waals surface area contributed by atoms with Crippen LogP contribution in [0.2, 0.25) is 0 Å². The third-order valence-corrected chi connectivity index (χ3v) is 4.92. The molecule has 2 fully saturated rings. The highest BCUT2D eigenvalue weighted by atomic mass is 35.5. The van der Waals surface area contributed by atoms with E-state index in [-0.39, 0.29) is 24.1 Å². The maximum atomic E-state index is 14.0. The average Bonchev–Trinajstić information content (AvgIpc) is 2.54. The van der Waals surface area contributed by atoms with E-state index in [4.69, 9.17) is 0 Å². The number of piperidine rings is 2. The second kappa shape index (κ2) is 8.11. The first-order chi connectivity index (χ1) is 10.6. The summed E-state index contributed by atoms with van der Waals surface area (Å²) in [5.41, 5.74) is 1.50. The lowest BCUT2D eigenvalue weighted by Crippen LogP contribution is -2.39. The van der Waals surface area contributed by atoms with Crippen LogP contribution in [0.3, 0.4) is 0 Å². The number of carbonyl (C=O) groups excluding carboxylic acids is 1. The van der Waals surface area contributed by atoms with Crippen LogP contribution in [-0.4, -0.2) is 37.0 Å². The van der Waals surface area contributed by atoms with E-state index >= 15 is 0 Å². The Bertz CT molecular complexity index is 546. The van der Waals surface area contributed by atoms with Gasteiger partial charge >= 0.3 is 0 Å². The molecule has 0 aliphatic carbocycles. The Morgan fingerprint density at radius 3 is 2.65 bits per heavy atom. The summed E-state index contributed by atoms with van der Waals surface area (Å²) in [5.74, 6) is 0.601. The summed E-state index contributed by atoms with van der Waals surface area (Å²) < 4.78 is 14.0. The molecule has 0 spiro atoms. The normalized spacial score (nSPS) is 22.5. The maximum absolute atomic E-state index is 14.0. The van der Waals surface area contributed by atoms with Gasteiger partial charge in [0.05, 0.1) is 0 Å². The zero-order chi connectivity index (χ0) is 15.5. The third-order valence-electron chi connectivity index (χ3n) is 4.92. The van der Waals surface area contributed by atoms with E-state index in [1.54, 1.807) is 6.07 Å². The quantitative estimate of drug-likeness (QED) is 0.892. The van der Waals surface area contributed by atoms with Gasteiger partial charge in [-0.15, -0.1) is 12.4 Å². The summed E-state index contributed by atoms with van der Waals surface area (Å²) in [6.45, 7) is 5.69. The Labute approximate surface area is 144 Å². The summed E-state index contributed by atoms with van der Waals surface area (Å²) >= 11 is 0. The fourth-order valence-corrected chi connectivity index (χ4v) is 3.68. The molecule has 3 nitrogen and oxygen atoms in total. The van der Waals surface area contributed by atoms with Crippen molar-refractivity contribution in [3.05, 3.63) is 35.1 Å². The molecule has 23 heavy (non-hydrogen) atoms. The number of hydrogen-bond donors (Lipinski definition) is 1. The number of rotatable bonds is 2. The van der Waals surface area contributed by atoms with Crippen molar-refractivity contribution in [2.24, 2.45) is 5.92 Å². The molecule has 1 aromatic rings. The van der Waals surface area contributed by atoms with Crippen LogP contribution in [-0.2, 0) is 0 Å². The van der Waals surface area contributed by atoms with Gasteiger partial charge in [0.2, 0.25) is 0 Å². The van der Waals surface area contributed by atoms with E-state index in [1.165, 1.54) is 12.5 Å². The minimum absolute atomic E-state index is 0. The highest BCUT2D eigenvalue weighted by Gasteiger charge is 2.24. The van der Waals surface area contributed by atoms with E-state index in [0.717, 1.165) is 51.0 Å². The number of nitrogens with one attached hydrogen (secondary N) is 1. The fourth-order valence-electron chi connectivity index (χ4n) is 3.68. The highest BCUT2D eigenvalue weighted by molar-refractivity contribution is 5.94. The van der Waals surface area contributed by atoms with E-state index in [1.807, 2.05) is 11.0 Å². The molecule has 2 saturated heterocycles. The summed E-state index contributed by atoms with van der Waals surface area (Å²) in [6, 6.07) is 4.92. The molecule has 128 valence electrons. The van der Waals surface area contributed by atoms with Crippen LogP contribution in [0.5, 0.6) is 0 Å². The van der Waals surface area contributed by atoms with Gasteiger partial charge in [-0.3, -0.25) is 4.79 Å². The number of hydrogen-bond acceptors (Lipinski definition) is 2. The zero-order valence-electron chi connectivity index (χ0n) is 13.7. The lowest BCUT2D eigenvalue weighted by molar-refractivity contribution is 0.0682. The van der Waals surface area contributed by atoms with Gasteiger partial charge in [0.25, 0.3) is 5.91 Å². The number of benzene rings is 1. The molecule has 3 rings (SSSR count). The second-order valence-corrected chi connectivity index (χ2v) is 6.80. The van der Waals surface area contributed by atoms with E-state index < -0.39 is 0 Å². The van der Waals surface area contributed by atoms with Crippen molar-refractivity contribution >= 4 is 18.3 Å².